The van der Waals surface area contributed by atoms with E-state index in [1.807, 2.05) is 6.79 Å². The molecule has 0 atom stereocenters. The quantitative estimate of drug-likeness (QED) is 0.300. The summed E-state index contributed by atoms with van der Waals surface area (Å²) in [5.41, 5.74) is 0. The maximum Gasteiger partial charge on any atom is 0.187 e. The van der Waals surface area contributed by atoms with Crippen molar-refractivity contribution in [1.82, 2.24) is 0 Å². The number of hydrogen-bond donors (Lipinski definition) is 0. The first-order chi connectivity index (χ1) is 1.00. The highest BCUT2D eigenvalue weighted by Crippen LogP contribution is 0.494. The highest BCUT2D eigenvalue weighted by atomic mass is 27.0. The van der Waals surface area contributed by atoms with E-state index in [4.69, 9.17) is 4.79 Å². The highest BCUT2D eigenvalue weighted by Gasteiger charge is 0.636. The van der Waals surface area contributed by atoms with Gasteiger partial charge < -0.3 is 4.79 Å². The molecular formula is CH11Al3O. The molecule has 0 heterocycles. The van der Waals surface area contributed by atoms with E-state index >= 15 is 0 Å². The Hall–Kier alpha value is 1.27. The molecule has 0 aromatic heterocycles. The molecule has 0 aromatic carbocycles. The Kier molecular flexibility index (Phi) is 404. The van der Waals surface area contributed by atoms with Crippen LogP contribution < -0.4 is 0 Å². The minimum Gasteiger partial charge on any atom is -0.307 e. The molecule has 0 aliphatic rings. The topological polar surface area (TPSA) is 17.1 Å². The Morgan fingerprint density at radius 2 is 0.800 bits per heavy atom. The molecular weight excluding hydrogens is 109 g/mol. The molecule has 0 rings (SSSR count). The summed E-state index contributed by atoms with van der Waals surface area (Å²) in [4.78, 5) is 8.00. The zero-order chi connectivity index (χ0) is 2.00. The zero-order valence-electron chi connectivity index (χ0n) is 1.12. The maximum absolute atomic E-state index is 8.00. The van der Waals surface area contributed by atoms with E-state index < -0.39 is 0 Å². The SMILES string of the molecule is C=O.[AlH3].[AlH3].[AlH3]. The van der Waals surface area contributed by atoms with Gasteiger partial charge in [-0.15, -0.1) is 0 Å². The molecule has 0 spiro atoms. The van der Waals surface area contributed by atoms with Gasteiger partial charge in [0.15, 0.2) is 52.1 Å². The molecule has 5 heavy (non-hydrogen) atoms. The van der Waals surface area contributed by atoms with Gasteiger partial charge in [-0.05, 0) is 0 Å². The van der Waals surface area contributed by atoms with Gasteiger partial charge in [0.2, 0.25) is 0 Å². The number of carbonyl (C=O) groups excluding carboxylic acids is 1. The van der Waals surface area contributed by atoms with Crippen molar-refractivity contribution < 1.29 is 4.79 Å². The molecule has 1 nitrogen and oxygen atoms in total. The largest absolute Gasteiger partial charge is 0.307 e. The third-order valence-corrected chi connectivity index (χ3v) is 0. The molecule has 30 valence electrons. The fourth-order valence-corrected chi connectivity index (χ4v) is 0. The van der Waals surface area contributed by atoms with Crippen LogP contribution in [0.2, 0.25) is 0 Å². The van der Waals surface area contributed by atoms with Crippen LogP contribution in [0.25, 0.3) is 0 Å². The van der Waals surface area contributed by atoms with Crippen LogP contribution in [0.1, 0.15) is 0 Å². The molecule has 0 unspecified atom stereocenters. The zero-order valence-corrected chi connectivity index (χ0v) is 1.12. The van der Waals surface area contributed by atoms with Crippen molar-refractivity contribution in [1.29, 1.82) is 0 Å². The van der Waals surface area contributed by atoms with E-state index in [-0.39, 0.29) is 52.1 Å². The molecule has 0 aliphatic heterocycles. The summed E-state index contributed by atoms with van der Waals surface area (Å²) in [6, 6.07) is 0. The standard InChI is InChI=1S/CH2O.3Al.9H/c1-2;;;;;;;;;;;;/h1H2;;;;;;;;;;;;. The van der Waals surface area contributed by atoms with Crippen molar-refractivity contribution in [3.05, 3.63) is 0 Å². The summed E-state index contributed by atoms with van der Waals surface area (Å²) in [7, 11) is 0. The molecule has 0 bridgehead atoms. The molecule has 0 saturated carbocycles. The van der Waals surface area contributed by atoms with Crippen LogP contribution in [0.5, 0.6) is 0 Å². The van der Waals surface area contributed by atoms with Crippen LogP contribution in [0.15, 0.2) is 0 Å². The molecule has 0 N–H and O–H groups in total. The Bertz CT molecular complexity index is 6.85. The average Bonchev–Trinajstić information content (AvgIpc) is 1.00. The van der Waals surface area contributed by atoms with Gasteiger partial charge in [-0.25, -0.2) is 0 Å². The first-order valence-corrected chi connectivity index (χ1v) is 0.289. The lowest BCUT2D eigenvalue weighted by Crippen LogP contribution is -0.925. The summed E-state index contributed by atoms with van der Waals surface area (Å²) >= 11 is 0. The number of hydrogen-bond acceptors (Lipinski definition) is 1. The molecule has 0 aliphatic carbocycles. The van der Waals surface area contributed by atoms with Crippen LogP contribution in [0.4, 0.5) is 0 Å². The summed E-state index contributed by atoms with van der Waals surface area (Å²) in [5.74, 6) is 0. The lowest BCUT2D eigenvalue weighted by atomic mass is 11.9. The first-order valence-electron chi connectivity index (χ1n) is 0.289. The van der Waals surface area contributed by atoms with E-state index in [2.05, 4.69) is 0 Å². The Morgan fingerprint density at radius 1 is 0.800 bits per heavy atom. The van der Waals surface area contributed by atoms with Crippen molar-refractivity contribution in [3.63, 3.8) is 0 Å². The number of rotatable bonds is 0. The van der Waals surface area contributed by atoms with Gasteiger partial charge in [0.05, 0.1) is 0 Å². The van der Waals surface area contributed by atoms with Crippen LogP contribution in [0.3, 0.4) is 0 Å². The monoisotopic (exact) mass is 120 g/mol. The Labute approximate surface area is 63.5 Å². The van der Waals surface area contributed by atoms with Gasteiger partial charge in [-0.1, -0.05) is 0 Å². The molecule has 4 heteroatoms. The molecule has 0 aromatic rings. The van der Waals surface area contributed by atoms with Crippen LogP contribution >= 0.6 is 0 Å². The minimum atomic E-state index is 0. The Balaban J connectivity index is -0.00000000167. The summed E-state index contributed by atoms with van der Waals surface area (Å²) in [5, 5.41) is 0. The van der Waals surface area contributed by atoms with E-state index in [1.165, 1.54) is 0 Å². The molecule has 0 fully saturated rings. The fourth-order valence-electron chi connectivity index (χ4n) is 0. The van der Waals surface area contributed by atoms with E-state index in [1.54, 1.807) is 0 Å². The predicted molar refractivity (Wildman–Crippen MR) is 36.9 cm³/mol. The average molecular weight is 120 g/mol. The summed E-state index contributed by atoms with van der Waals surface area (Å²) < 4.78 is 0. The summed E-state index contributed by atoms with van der Waals surface area (Å²) in [6.45, 7) is 2.00. The van der Waals surface area contributed by atoms with Gasteiger partial charge in [0.25, 0.3) is 0 Å². The first kappa shape index (κ1) is 33.8. The van der Waals surface area contributed by atoms with E-state index in [9.17, 15) is 0 Å². The van der Waals surface area contributed by atoms with Gasteiger partial charge in [-0.3, -0.25) is 0 Å². The normalized spacial score (nSPS) is 0.800. The predicted octanol–water partition coefficient (Wildman–Crippen LogP) is -3.74. The molecule has 0 radical (unpaired) electrons. The summed E-state index contributed by atoms with van der Waals surface area (Å²) in [6.07, 6.45) is 0. The van der Waals surface area contributed by atoms with Gasteiger partial charge in [0, 0.05) is 0 Å². The molecule has 0 amide bonds. The van der Waals surface area contributed by atoms with Crippen molar-refractivity contribution in [2.75, 3.05) is 0 Å². The maximum atomic E-state index is 8.00. The smallest absolute Gasteiger partial charge is 0.187 e. The van der Waals surface area contributed by atoms with Gasteiger partial charge >= 0.3 is 0 Å². The van der Waals surface area contributed by atoms with Crippen molar-refractivity contribution in [2.45, 2.75) is 0 Å². The van der Waals surface area contributed by atoms with Crippen LogP contribution in [-0.2, 0) is 4.79 Å². The second-order valence-electron chi connectivity index (χ2n) is 0. The van der Waals surface area contributed by atoms with Gasteiger partial charge in [0.1, 0.15) is 6.79 Å². The lowest BCUT2D eigenvalue weighted by molar-refractivity contribution is -0.0979. The third kappa shape index (κ3) is 35.0. The lowest BCUT2D eigenvalue weighted by Gasteiger charge is -0.837. The van der Waals surface area contributed by atoms with Gasteiger partial charge in [-0.2, -0.15) is 0 Å². The van der Waals surface area contributed by atoms with Crippen LogP contribution in [-0.4, -0.2) is 58.9 Å². The highest BCUT2D eigenvalue weighted by molar-refractivity contribution is 5.76. The second kappa shape index (κ2) is 59.7. The Morgan fingerprint density at radius 3 is 0.800 bits per heavy atom. The van der Waals surface area contributed by atoms with Crippen molar-refractivity contribution in [3.8, 4) is 0 Å². The number of carbonyl (C=O) groups is 1. The van der Waals surface area contributed by atoms with E-state index in [0.29, 0.717) is 0 Å². The fraction of sp³-hybridized carbons (Fsp3) is 0. The minimum absolute atomic E-state index is 0. The molecule has 0 saturated heterocycles. The van der Waals surface area contributed by atoms with Crippen LogP contribution in [0, 0.1) is 0 Å². The second-order valence-corrected chi connectivity index (χ2v) is 0. The van der Waals surface area contributed by atoms with Crippen molar-refractivity contribution in [2.24, 2.45) is 0 Å². The van der Waals surface area contributed by atoms with Crippen molar-refractivity contribution >= 4 is 58.9 Å². The van der Waals surface area contributed by atoms with E-state index in [0.717, 1.165) is 0 Å². The third-order valence-electron chi connectivity index (χ3n) is 0.